The zero-order valence-electron chi connectivity index (χ0n) is 7.60. The van der Waals surface area contributed by atoms with Gasteiger partial charge >= 0.3 is 6.03 Å². The Bertz CT molecular complexity index is 369. The molecule has 0 radical (unpaired) electrons. The Hall–Kier alpha value is -1.67. The molecule has 1 aromatic rings. The summed E-state index contributed by atoms with van der Waals surface area (Å²) >= 11 is 1.22. The van der Waals surface area contributed by atoms with Crippen LogP contribution in [0.4, 0.5) is 10.5 Å². The molecule has 0 atom stereocenters. The Morgan fingerprint density at radius 2 is 2.07 bits per heavy atom. The standard InChI is InChI=1S/C9H9N3OS/c1-14-12(9(11)13)8-4-2-7(6-10)3-5-8/h2-5H,1H3,(H2,11,13). The fourth-order valence-electron chi connectivity index (χ4n) is 0.994. The molecule has 0 saturated carbocycles. The minimum absolute atomic E-state index is 0.526. The molecule has 1 rings (SSSR count). The van der Waals surface area contributed by atoms with Crippen LogP contribution in [0.25, 0.3) is 0 Å². The van der Waals surface area contributed by atoms with Gasteiger partial charge in [0.2, 0.25) is 0 Å². The number of carbonyl (C=O) groups excluding carboxylic acids is 1. The topological polar surface area (TPSA) is 70.1 Å². The van der Waals surface area contributed by atoms with Crippen LogP contribution in [0, 0.1) is 11.3 Å². The second-order valence-corrected chi connectivity index (χ2v) is 3.20. The summed E-state index contributed by atoms with van der Waals surface area (Å²) in [5, 5.41) is 8.57. The first kappa shape index (κ1) is 10.4. The number of hydrogen-bond acceptors (Lipinski definition) is 3. The maximum absolute atomic E-state index is 10.9. The molecule has 72 valence electrons. The van der Waals surface area contributed by atoms with Gasteiger partial charge in [-0.1, -0.05) is 0 Å². The van der Waals surface area contributed by atoms with Crippen LogP contribution in [0.2, 0.25) is 0 Å². The molecule has 2 amide bonds. The van der Waals surface area contributed by atoms with Gasteiger partial charge in [-0.3, -0.25) is 0 Å². The quantitative estimate of drug-likeness (QED) is 0.750. The van der Waals surface area contributed by atoms with E-state index in [0.717, 1.165) is 0 Å². The Labute approximate surface area is 86.4 Å². The van der Waals surface area contributed by atoms with Gasteiger partial charge in [-0.2, -0.15) is 5.26 Å². The number of hydrogen-bond donors (Lipinski definition) is 1. The first-order valence-electron chi connectivity index (χ1n) is 3.83. The van der Waals surface area contributed by atoms with Crippen LogP contribution in [-0.4, -0.2) is 12.3 Å². The predicted octanol–water partition coefficient (Wildman–Crippen LogP) is 1.72. The van der Waals surface area contributed by atoms with E-state index in [-0.39, 0.29) is 0 Å². The number of carbonyl (C=O) groups is 1. The van der Waals surface area contributed by atoms with Gasteiger partial charge in [-0.25, -0.2) is 9.10 Å². The molecule has 0 heterocycles. The minimum atomic E-state index is -0.526. The Balaban J connectivity index is 2.96. The van der Waals surface area contributed by atoms with Crippen LogP contribution < -0.4 is 10.0 Å². The summed E-state index contributed by atoms with van der Waals surface area (Å²) in [6, 6.07) is 8.11. The highest BCUT2D eigenvalue weighted by Crippen LogP contribution is 2.20. The van der Waals surface area contributed by atoms with Gasteiger partial charge in [0.25, 0.3) is 0 Å². The van der Waals surface area contributed by atoms with Crippen molar-refractivity contribution in [2.24, 2.45) is 5.73 Å². The van der Waals surface area contributed by atoms with Gasteiger partial charge in [-0.05, 0) is 36.2 Å². The molecule has 14 heavy (non-hydrogen) atoms. The van der Waals surface area contributed by atoms with Crippen molar-refractivity contribution in [2.45, 2.75) is 0 Å². The molecule has 0 aliphatic rings. The highest BCUT2D eigenvalue weighted by molar-refractivity contribution is 8.00. The number of primary amides is 1. The molecule has 0 aliphatic carbocycles. The third-order valence-electron chi connectivity index (χ3n) is 1.61. The van der Waals surface area contributed by atoms with Crippen molar-refractivity contribution < 1.29 is 4.79 Å². The van der Waals surface area contributed by atoms with E-state index in [1.54, 1.807) is 30.5 Å². The Morgan fingerprint density at radius 1 is 1.50 bits per heavy atom. The lowest BCUT2D eigenvalue weighted by molar-refractivity contribution is 0.257. The van der Waals surface area contributed by atoms with E-state index in [0.29, 0.717) is 11.3 Å². The molecule has 4 nitrogen and oxygen atoms in total. The van der Waals surface area contributed by atoms with Gasteiger partial charge in [0.1, 0.15) is 0 Å². The molecule has 1 aromatic carbocycles. The SMILES string of the molecule is CSN(C(N)=O)c1ccc(C#N)cc1. The second-order valence-electron chi connectivity index (χ2n) is 2.47. The lowest BCUT2D eigenvalue weighted by atomic mass is 10.2. The molecule has 5 heteroatoms. The minimum Gasteiger partial charge on any atom is -0.350 e. The summed E-state index contributed by atoms with van der Waals surface area (Å²) in [4.78, 5) is 10.9. The monoisotopic (exact) mass is 207 g/mol. The first-order valence-corrected chi connectivity index (χ1v) is 5.01. The lowest BCUT2D eigenvalue weighted by Gasteiger charge is -2.16. The number of benzene rings is 1. The number of rotatable bonds is 2. The smallest absolute Gasteiger partial charge is 0.329 e. The number of anilines is 1. The summed E-state index contributed by atoms with van der Waals surface area (Å²) in [6.07, 6.45) is 1.75. The Kier molecular flexibility index (Phi) is 3.37. The third kappa shape index (κ3) is 2.18. The van der Waals surface area contributed by atoms with Crippen LogP contribution in [0.5, 0.6) is 0 Å². The molecule has 0 fully saturated rings. The van der Waals surface area contributed by atoms with Crippen molar-refractivity contribution in [2.75, 3.05) is 10.6 Å². The lowest BCUT2D eigenvalue weighted by Crippen LogP contribution is -2.29. The predicted molar refractivity (Wildman–Crippen MR) is 56.7 cm³/mol. The highest BCUT2D eigenvalue weighted by atomic mass is 32.2. The molecule has 0 bridgehead atoms. The molecular weight excluding hydrogens is 198 g/mol. The molecule has 0 aromatic heterocycles. The van der Waals surface area contributed by atoms with Crippen LogP contribution in [0.1, 0.15) is 5.56 Å². The molecule has 0 unspecified atom stereocenters. The van der Waals surface area contributed by atoms with E-state index in [4.69, 9.17) is 11.0 Å². The maximum atomic E-state index is 10.9. The van der Waals surface area contributed by atoms with Gasteiger partial charge in [0.05, 0.1) is 17.3 Å². The van der Waals surface area contributed by atoms with Crippen molar-refractivity contribution >= 4 is 23.7 Å². The zero-order chi connectivity index (χ0) is 10.6. The summed E-state index contributed by atoms with van der Waals surface area (Å²) in [5.74, 6) is 0. The maximum Gasteiger partial charge on any atom is 0.329 e. The number of urea groups is 1. The number of nitrogens with two attached hydrogens (primary N) is 1. The molecule has 0 aliphatic heterocycles. The molecule has 2 N–H and O–H groups in total. The van der Waals surface area contributed by atoms with Crippen molar-refractivity contribution in [1.29, 1.82) is 5.26 Å². The highest BCUT2D eigenvalue weighted by Gasteiger charge is 2.10. The van der Waals surface area contributed by atoms with Gasteiger partial charge in [-0.15, -0.1) is 0 Å². The molecule has 0 spiro atoms. The molecule has 0 saturated heterocycles. The summed E-state index contributed by atoms with van der Waals surface area (Å²) in [7, 11) is 0. The van der Waals surface area contributed by atoms with Crippen molar-refractivity contribution in [3.63, 3.8) is 0 Å². The van der Waals surface area contributed by atoms with E-state index in [9.17, 15) is 4.79 Å². The van der Waals surface area contributed by atoms with Crippen LogP contribution in [0.3, 0.4) is 0 Å². The van der Waals surface area contributed by atoms with Crippen LogP contribution in [0.15, 0.2) is 24.3 Å². The summed E-state index contributed by atoms with van der Waals surface area (Å²) in [6.45, 7) is 0. The average molecular weight is 207 g/mol. The zero-order valence-corrected chi connectivity index (χ0v) is 8.41. The van der Waals surface area contributed by atoms with Crippen molar-refractivity contribution in [3.8, 4) is 6.07 Å². The fourth-order valence-corrected chi connectivity index (χ4v) is 1.51. The normalized spacial score (nSPS) is 9.14. The summed E-state index contributed by atoms with van der Waals surface area (Å²) in [5.41, 5.74) is 6.38. The second kappa shape index (κ2) is 4.53. The average Bonchev–Trinajstić information content (AvgIpc) is 2.19. The van der Waals surface area contributed by atoms with Crippen LogP contribution in [-0.2, 0) is 0 Å². The fraction of sp³-hybridized carbons (Fsp3) is 0.111. The van der Waals surface area contributed by atoms with Crippen LogP contribution >= 0.6 is 11.9 Å². The van der Waals surface area contributed by atoms with E-state index in [1.807, 2.05) is 6.07 Å². The number of nitrogens with zero attached hydrogens (tertiary/aromatic N) is 2. The summed E-state index contributed by atoms with van der Waals surface area (Å²) < 4.78 is 1.35. The molecular formula is C9H9N3OS. The third-order valence-corrected chi connectivity index (χ3v) is 2.37. The van der Waals surface area contributed by atoms with E-state index in [2.05, 4.69) is 0 Å². The van der Waals surface area contributed by atoms with Gasteiger partial charge in [0.15, 0.2) is 0 Å². The Morgan fingerprint density at radius 3 is 2.43 bits per heavy atom. The van der Waals surface area contributed by atoms with Gasteiger partial charge in [0, 0.05) is 6.26 Å². The van der Waals surface area contributed by atoms with Crippen molar-refractivity contribution in [3.05, 3.63) is 29.8 Å². The van der Waals surface area contributed by atoms with Gasteiger partial charge < -0.3 is 5.73 Å². The number of amides is 2. The largest absolute Gasteiger partial charge is 0.350 e. The number of nitriles is 1. The first-order chi connectivity index (χ1) is 6.69. The van der Waals surface area contributed by atoms with E-state index >= 15 is 0 Å². The van der Waals surface area contributed by atoms with Crippen molar-refractivity contribution in [1.82, 2.24) is 0 Å². The van der Waals surface area contributed by atoms with E-state index in [1.165, 1.54) is 16.3 Å². The van der Waals surface area contributed by atoms with E-state index < -0.39 is 6.03 Å².